The molecule has 4 aliphatic rings. The highest BCUT2D eigenvalue weighted by atomic mass is 16.7. The van der Waals surface area contributed by atoms with E-state index in [1.807, 2.05) is 36.4 Å². The maximum atomic E-state index is 12.9. The van der Waals surface area contributed by atoms with Gasteiger partial charge in [0.25, 0.3) is 11.8 Å². The van der Waals surface area contributed by atoms with Crippen molar-refractivity contribution in [3.8, 4) is 0 Å². The normalized spacial score (nSPS) is 31.0. The monoisotopic (exact) mass is 608 g/mol. The number of benzene rings is 3. The van der Waals surface area contributed by atoms with Crippen molar-refractivity contribution in [1.29, 1.82) is 0 Å². The molecule has 1 saturated carbocycles. The number of hydrogen-bond acceptors (Lipinski definition) is 6. The lowest BCUT2D eigenvalue weighted by atomic mass is 9.65. The SMILES string of the molecule is CC1C(CN2CC3(C)CC2CC(C)(C)C3)OC(c2ccc(CN3C(=O)c4ccccc4C3=O)cc2)OC1c1ccc(CO)cc1. The Bertz CT molecular complexity index is 1550. The second-order valence-electron chi connectivity index (χ2n) is 14.9. The summed E-state index contributed by atoms with van der Waals surface area (Å²) in [5, 5.41) is 9.61. The molecule has 7 rings (SSSR count). The van der Waals surface area contributed by atoms with Gasteiger partial charge in [0.1, 0.15) is 0 Å². The highest BCUT2D eigenvalue weighted by molar-refractivity contribution is 6.21. The first kappa shape index (κ1) is 30.3. The molecule has 3 aromatic rings. The van der Waals surface area contributed by atoms with Gasteiger partial charge in [-0.3, -0.25) is 19.4 Å². The van der Waals surface area contributed by atoms with Gasteiger partial charge in [0, 0.05) is 30.6 Å². The van der Waals surface area contributed by atoms with Crippen molar-refractivity contribution in [2.75, 3.05) is 13.1 Å². The van der Waals surface area contributed by atoms with Gasteiger partial charge in [-0.15, -0.1) is 0 Å². The summed E-state index contributed by atoms with van der Waals surface area (Å²) in [4.78, 5) is 29.8. The van der Waals surface area contributed by atoms with Gasteiger partial charge in [-0.25, -0.2) is 0 Å². The van der Waals surface area contributed by atoms with Crippen LogP contribution >= 0.6 is 0 Å². The fourth-order valence-electron chi connectivity index (χ4n) is 8.69. The Hall–Kier alpha value is -3.36. The van der Waals surface area contributed by atoms with Crippen LogP contribution in [0.4, 0.5) is 0 Å². The molecule has 1 aliphatic carbocycles. The molecule has 7 nitrogen and oxygen atoms in total. The molecule has 0 radical (unpaired) electrons. The third-order valence-electron chi connectivity index (χ3n) is 10.5. The minimum absolute atomic E-state index is 0.00818. The van der Waals surface area contributed by atoms with Crippen molar-refractivity contribution < 1.29 is 24.2 Å². The summed E-state index contributed by atoms with van der Waals surface area (Å²) < 4.78 is 13.5. The predicted molar refractivity (Wildman–Crippen MR) is 171 cm³/mol. The van der Waals surface area contributed by atoms with Gasteiger partial charge in [0.05, 0.1) is 36.5 Å². The maximum Gasteiger partial charge on any atom is 0.261 e. The fourth-order valence-corrected chi connectivity index (χ4v) is 8.69. The molecule has 7 heteroatoms. The minimum atomic E-state index is -0.559. The lowest BCUT2D eigenvalue weighted by Gasteiger charge is -2.43. The number of aliphatic hydroxyl groups excluding tert-OH is 1. The molecule has 0 aromatic heterocycles. The number of ether oxygens (including phenoxy) is 2. The van der Waals surface area contributed by atoms with Gasteiger partial charge in [0.2, 0.25) is 0 Å². The zero-order valence-corrected chi connectivity index (χ0v) is 26.7. The summed E-state index contributed by atoms with van der Waals surface area (Å²) in [6.45, 7) is 11.7. The molecule has 0 spiro atoms. The Morgan fingerprint density at radius 2 is 1.44 bits per heavy atom. The smallest absolute Gasteiger partial charge is 0.261 e. The quantitative estimate of drug-likeness (QED) is 0.302. The summed E-state index contributed by atoms with van der Waals surface area (Å²) in [6, 6.07) is 23.5. The Balaban J connectivity index is 1.12. The van der Waals surface area contributed by atoms with Crippen LogP contribution in [0.3, 0.4) is 0 Å². The largest absolute Gasteiger partial charge is 0.392 e. The number of likely N-dealkylation sites (tertiary alicyclic amines) is 1. The van der Waals surface area contributed by atoms with Crippen molar-refractivity contribution >= 4 is 11.8 Å². The molecule has 3 aliphatic heterocycles. The van der Waals surface area contributed by atoms with Crippen LogP contribution in [0.1, 0.15) is 102 Å². The number of hydrogen-bond donors (Lipinski definition) is 1. The number of aliphatic hydroxyl groups is 1. The van der Waals surface area contributed by atoms with Gasteiger partial charge in [-0.05, 0) is 58.9 Å². The van der Waals surface area contributed by atoms with Crippen molar-refractivity contribution in [3.05, 3.63) is 106 Å². The molecule has 3 aromatic carbocycles. The summed E-state index contributed by atoms with van der Waals surface area (Å²) in [5.74, 6) is -0.390. The molecule has 1 N–H and O–H groups in total. The van der Waals surface area contributed by atoms with Crippen LogP contribution < -0.4 is 0 Å². The van der Waals surface area contributed by atoms with E-state index >= 15 is 0 Å². The molecule has 45 heavy (non-hydrogen) atoms. The average molecular weight is 609 g/mol. The van der Waals surface area contributed by atoms with Crippen molar-refractivity contribution in [2.24, 2.45) is 16.7 Å². The number of nitrogens with zero attached hydrogens (tertiary/aromatic N) is 2. The first-order valence-corrected chi connectivity index (χ1v) is 16.3. The molecular formula is C38H44N2O5. The molecular weight excluding hydrogens is 564 g/mol. The van der Waals surface area contributed by atoms with E-state index in [-0.39, 0.29) is 43.1 Å². The van der Waals surface area contributed by atoms with E-state index in [9.17, 15) is 14.7 Å². The van der Waals surface area contributed by atoms with Crippen LogP contribution in [0.25, 0.3) is 0 Å². The number of carbonyl (C=O) groups is 2. The minimum Gasteiger partial charge on any atom is -0.392 e. The number of carbonyl (C=O) groups excluding carboxylic acids is 2. The van der Waals surface area contributed by atoms with Crippen LogP contribution in [0, 0.1) is 16.7 Å². The number of rotatable bonds is 7. The molecule has 2 saturated heterocycles. The van der Waals surface area contributed by atoms with E-state index in [1.54, 1.807) is 24.3 Å². The molecule has 3 fully saturated rings. The lowest BCUT2D eigenvalue weighted by molar-refractivity contribution is -0.276. The van der Waals surface area contributed by atoms with Gasteiger partial charge in [0.15, 0.2) is 6.29 Å². The number of imide groups is 1. The summed E-state index contributed by atoms with van der Waals surface area (Å²) in [5.41, 5.74) is 5.34. The van der Waals surface area contributed by atoms with E-state index in [1.165, 1.54) is 24.2 Å². The molecule has 2 amide bonds. The topological polar surface area (TPSA) is 79.3 Å². The van der Waals surface area contributed by atoms with E-state index in [0.717, 1.165) is 35.3 Å². The van der Waals surface area contributed by atoms with Crippen molar-refractivity contribution in [1.82, 2.24) is 9.80 Å². The van der Waals surface area contributed by atoms with E-state index in [4.69, 9.17) is 9.47 Å². The zero-order chi connectivity index (χ0) is 31.5. The van der Waals surface area contributed by atoms with Gasteiger partial charge in [-0.1, -0.05) is 88.4 Å². The summed E-state index contributed by atoms with van der Waals surface area (Å²) >= 11 is 0. The second-order valence-corrected chi connectivity index (χ2v) is 14.9. The van der Waals surface area contributed by atoms with Crippen LogP contribution in [0.5, 0.6) is 0 Å². The highest BCUT2D eigenvalue weighted by Gasteiger charge is 2.51. The van der Waals surface area contributed by atoms with Crippen LogP contribution in [0.15, 0.2) is 72.8 Å². The Kier molecular flexibility index (Phi) is 7.72. The molecule has 236 valence electrons. The average Bonchev–Trinajstić information content (AvgIpc) is 3.41. The molecule has 2 bridgehead atoms. The first-order valence-electron chi connectivity index (χ1n) is 16.3. The summed E-state index contributed by atoms with van der Waals surface area (Å²) in [7, 11) is 0. The van der Waals surface area contributed by atoms with E-state index in [0.29, 0.717) is 28.0 Å². The standard InChI is InChI=1S/C38H44N2O5/c1-24-32(20-39-23-38(4)18-29(39)17-37(2,3)22-38)44-36(45-33(24)27-13-11-26(21-41)12-14-27)28-15-9-25(10-16-28)19-40-34(42)30-7-5-6-8-31(30)35(40)43/h5-16,24,29,32-33,36,41H,17-23H2,1-4H3. The van der Waals surface area contributed by atoms with E-state index in [2.05, 4.69) is 44.7 Å². The summed E-state index contributed by atoms with van der Waals surface area (Å²) in [6.07, 6.45) is 2.95. The Labute approximate surface area is 266 Å². The van der Waals surface area contributed by atoms with Crippen molar-refractivity contribution in [2.45, 2.75) is 84.6 Å². The predicted octanol–water partition coefficient (Wildman–Crippen LogP) is 6.67. The number of fused-ring (bicyclic) bond motifs is 3. The van der Waals surface area contributed by atoms with Gasteiger partial charge >= 0.3 is 0 Å². The van der Waals surface area contributed by atoms with Crippen LogP contribution in [0.2, 0.25) is 0 Å². The molecule has 6 atom stereocenters. The second kappa shape index (κ2) is 11.5. The zero-order valence-electron chi connectivity index (χ0n) is 26.7. The van der Waals surface area contributed by atoms with Crippen LogP contribution in [-0.2, 0) is 22.6 Å². The van der Waals surface area contributed by atoms with Gasteiger partial charge < -0.3 is 14.6 Å². The van der Waals surface area contributed by atoms with Crippen LogP contribution in [-0.4, -0.2) is 52.0 Å². The third kappa shape index (κ3) is 5.76. The fraction of sp³-hybridized carbons (Fsp3) is 0.474. The maximum absolute atomic E-state index is 12.9. The third-order valence-corrected chi connectivity index (χ3v) is 10.5. The highest BCUT2D eigenvalue weighted by Crippen LogP contribution is 2.53. The number of amides is 2. The van der Waals surface area contributed by atoms with E-state index < -0.39 is 6.29 Å². The molecule has 3 heterocycles. The lowest BCUT2D eigenvalue weighted by Crippen LogP contribution is -2.46. The Morgan fingerprint density at radius 1 is 0.822 bits per heavy atom. The Morgan fingerprint density at radius 3 is 2.09 bits per heavy atom. The van der Waals surface area contributed by atoms with Gasteiger partial charge in [-0.2, -0.15) is 0 Å². The molecule has 6 unspecified atom stereocenters. The van der Waals surface area contributed by atoms with Crippen molar-refractivity contribution in [3.63, 3.8) is 0 Å². The first-order chi connectivity index (χ1) is 21.5.